The molecule has 2 heterocycles. The lowest BCUT2D eigenvalue weighted by atomic mass is 10.2. The Labute approximate surface area is 129 Å². The molecule has 0 unspecified atom stereocenters. The fraction of sp³-hybridized carbons (Fsp3) is 0.312. The average molecular weight is 304 g/mol. The Hall–Kier alpha value is -2.47. The number of aldehydes is 1. The van der Waals surface area contributed by atoms with Gasteiger partial charge in [-0.05, 0) is 31.5 Å². The van der Waals surface area contributed by atoms with E-state index in [4.69, 9.17) is 14.6 Å². The number of pyridine rings is 2. The van der Waals surface area contributed by atoms with Gasteiger partial charge < -0.3 is 14.6 Å². The predicted molar refractivity (Wildman–Crippen MR) is 82.4 cm³/mol. The van der Waals surface area contributed by atoms with E-state index in [2.05, 4.69) is 9.97 Å². The first-order valence-corrected chi connectivity index (χ1v) is 6.63. The Morgan fingerprint density at radius 2 is 1.55 bits per heavy atom. The summed E-state index contributed by atoms with van der Waals surface area (Å²) in [5.41, 5.74) is 2.95. The third-order valence-electron chi connectivity index (χ3n) is 2.99. The van der Waals surface area contributed by atoms with Crippen molar-refractivity contribution in [3.63, 3.8) is 0 Å². The van der Waals surface area contributed by atoms with Crippen LogP contribution in [0.15, 0.2) is 24.3 Å². The van der Waals surface area contributed by atoms with Crippen LogP contribution in [0.4, 0.5) is 0 Å². The summed E-state index contributed by atoms with van der Waals surface area (Å²) in [6.07, 6.45) is 0.780. The van der Waals surface area contributed by atoms with Gasteiger partial charge in [-0.2, -0.15) is 0 Å². The maximum Gasteiger partial charge on any atom is 0.213 e. The molecule has 0 amide bonds. The summed E-state index contributed by atoms with van der Waals surface area (Å²) in [6, 6.07) is 6.89. The van der Waals surface area contributed by atoms with Gasteiger partial charge in [0, 0.05) is 23.4 Å². The van der Waals surface area contributed by atoms with Crippen molar-refractivity contribution in [3.8, 4) is 11.8 Å². The van der Waals surface area contributed by atoms with Crippen molar-refractivity contribution in [1.82, 2.24) is 9.97 Å². The van der Waals surface area contributed by atoms with Crippen molar-refractivity contribution in [3.05, 3.63) is 46.8 Å². The smallest absolute Gasteiger partial charge is 0.213 e. The molecule has 2 aromatic heterocycles. The third-order valence-corrected chi connectivity index (χ3v) is 2.99. The molecule has 0 atom stereocenters. The quantitative estimate of drug-likeness (QED) is 0.871. The number of aliphatic hydroxyl groups is 1. The number of nitrogens with zero attached hydrogens (tertiary/aromatic N) is 2. The maximum atomic E-state index is 10.3. The highest BCUT2D eigenvalue weighted by molar-refractivity contribution is 5.76. The lowest BCUT2D eigenvalue weighted by molar-refractivity contribution is 0.112. The molecule has 0 radical (unpaired) electrons. The molecule has 0 saturated carbocycles. The summed E-state index contributed by atoms with van der Waals surface area (Å²) >= 11 is 0. The monoisotopic (exact) mass is 304 g/mol. The lowest BCUT2D eigenvalue weighted by Gasteiger charge is -2.03. The first kappa shape index (κ1) is 17.6. The van der Waals surface area contributed by atoms with Crippen molar-refractivity contribution < 1.29 is 19.4 Å². The number of methoxy groups -OCH3 is 2. The van der Waals surface area contributed by atoms with Crippen molar-refractivity contribution >= 4 is 6.29 Å². The summed E-state index contributed by atoms with van der Waals surface area (Å²) in [5.74, 6) is 1.12. The van der Waals surface area contributed by atoms with Crippen LogP contribution >= 0.6 is 0 Å². The molecule has 2 aromatic rings. The minimum atomic E-state index is 0.0306. The highest BCUT2D eigenvalue weighted by atomic mass is 16.5. The van der Waals surface area contributed by atoms with Crippen molar-refractivity contribution in [1.29, 1.82) is 0 Å². The van der Waals surface area contributed by atoms with Crippen LogP contribution in [0.25, 0.3) is 0 Å². The van der Waals surface area contributed by atoms with Crippen LogP contribution in [0.1, 0.15) is 27.3 Å². The van der Waals surface area contributed by atoms with Crippen molar-refractivity contribution in [2.45, 2.75) is 20.5 Å². The van der Waals surface area contributed by atoms with E-state index >= 15 is 0 Å². The minimum Gasteiger partial charge on any atom is -0.481 e. The number of hydrogen-bond donors (Lipinski definition) is 1. The number of aryl methyl sites for hydroxylation is 2. The number of rotatable bonds is 4. The number of hydrogen-bond acceptors (Lipinski definition) is 6. The summed E-state index contributed by atoms with van der Waals surface area (Å²) < 4.78 is 9.77. The van der Waals surface area contributed by atoms with Gasteiger partial charge in [0.05, 0.1) is 26.5 Å². The van der Waals surface area contributed by atoms with Crippen molar-refractivity contribution in [2.75, 3.05) is 14.2 Å². The Kier molecular flexibility index (Phi) is 6.98. The molecule has 0 spiro atoms. The van der Waals surface area contributed by atoms with E-state index in [1.807, 2.05) is 6.92 Å². The number of ether oxygens (including phenoxy) is 2. The Morgan fingerprint density at radius 3 is 1.95 bits per heavy atom. The summed E-state index contributed by atoms with van der Waals surface area (Å²) in [5, 5.41) is 8.80. The second kappa shape index (κ2) is 8.74. The molecular weight excluding hydrogens is 284 g/mol. The molecule has 22 heavy (non-hydrogen) atoms. The Balaban J connectivity index is 0.000000220. The molecule has 6 nitrogen and oxygen atoms in total. The van der Waals surface area contributed by atoms with Crippen LogP contribution in [-0.4, -0.2) is 35.6 Å². The Bertz CT molecular complexity index is 630. The third kappa shape index (κ3) is 4.82. The normalized spacial score (nSPS) is 9.50. The van der Waals surface area contributed by atoms with Crippen LogP contribution < -0.4 is 9.47 Å². The second-order valence-electron chi connectivity index (χ2n) is 4.40. The van der Waals surface area contributed by atoms with Crippen LogP contribution in [-0.2, 0) is 6.61 Å². The van der Waals surface area contributed by atoms with Gasteiger partial charge >= 0.3 is 0 Å². The standard InChI is InChI=1S/C8H11NO2.C8H9NO2/c2*1-6-7(5-10)3-4-8(9-6)11-2/h3-4,10H,5H2,1-2H3;3-5H,1-2H3. The zero-order chi connectivity index (χ0) is 16.5. The van der Waals surface area contributed by atoms with Gasteiger partial charge in [-0.15, -0.1) is 0 Å². The number of aliphatic hydroxyl groups excluding tert-OH is 1. The van der Waals surface area contributed by atoms with Gasteiger partial charge in [0.25, 0.3) is 0 Å². The fourth-order valence-electron chi connectivity index (χ4n) is 1.63. The molecule has 2 rings (SSSR count). The SMILES string of the molecule is COc1ccc(C=O)c(C)n1.COc1ccc(CO)c(C)n1. The van der Waals surface area contributed by atoms with Crippen LogP contribution in [0.2, 0.25) is 0 Å². The molecule has 0 aromatic carbocycles. The van der Waals surface area contributed by atoms with Gasteiger partial charge in [0.15, 0.2) is 6.29 Å². The number of aromatic nitrogens is 2. The highest BCUT2D eigenvalue weighted by Crippen LogP contribution is 2.11. The van der Waals surface area contributed by atoms with Crippen LogP contribution in [0.3, 0.4) is 0 Å². The molecule has 0 aliphatic rings. The van der Waals surface area contributed by atoms with Crippen LogP contribution in [0, 0.1) is 13.8 Å². The van der Waals surface area contributed by atoms with Gasteiger partial charge in [-0.25, -0.2) is 9.97 Å². The van der Waals surface area contributed by atoms with Gasteiger partial charge in [-0.1, -0.05) is 0 Å². The summed E-state index contributed by atoms with van der Waals surface area (Å²) in [4.78, 5) is 18.4. The second-order valence-corrected chi connectivity index (χ2v) is 4.40. The molecule has 0 aliphatic carbocycles. The molecule has 0 saturated heterocycles. The minimum absolute atomic E-state index is 0.0306. The average Bonchev–Trinajstić information content (AvgIpc) is 2.55. The van der Waals surface area contributed by atoms with E-state index in [1.54, 1.807) is 45.4 Å². The van der Waals surface area contributed by atoms with E-state index in [0.717, 1.165) is 17.5 Å². The Morgan fingerprint density at radius 1 is 1.00 bits per heavy atom. The summed E-state index contributed by atoms with van der Waals surface area (Å²) in [6.45, 7) is 3.64. The molecule has 0 fully saturated rings. The number of carbonyl (C=O) groups excluding carboxylic acids is 1. The maximum absolute atomic E-state index is 10.3. The van der Waals surface area contributed by atoms with Gasteiger partial charge in [0.1, 0.15) is 0 Å². The molecule has 118 valence electrons. The molecule has 0 bridgehead atoms. The van der Waals surface area contributed by atoms with Gasteiger partial charge in [-0.3, -0.25) is 4.79 Å². The highest BCUT2D eigenvalue weighted by Gasteiger charge is 1.99. The van der Waals surface area contributed by atoms with Crippen LogP contribution in [0.5, 0.6) is 11.8 Å². The fourth-order valence-corrected chi connectivity index (χ4v) is 1.63. The summed E-state index contributed by atoms with van der Waals surface area (Å²) in [7, 11) is 3.11. The van der Waals surface area contributed by atoms with E-state index in [0.29, 0.717) is 23.0 Å². The zero-order valence-corrected chi connectivity index (χ0v) is 13.2. The molecular formula is C16H20N2O4. The topological polar surface area (TPSA) is 81.5 Å². The first-order valence-electron chi connectivity index (χ1n) is 6.63. The molecule has 1 N–H and O–H groups in total. The lowest BCUT2D eigenvalue weighted by Crippen LogP contribution is -1.94. The van der Waals surface area contributed by atoms with E-state index in [9.17, 15) is 4.79 Å². The van der Waals surface area contributed by atoms with E-state index in [1.165, 1.54) is 0 Å². The van der Waals surface area contributed by atoms with E-state index < -0.39 is 0 Å². The zero-order valence-electron chi connectivity index (χ0n) is 13.2. The largest absolute Gasteiger partial charge is 0.481 e. The predicted octanol–water partition coefficient (Wildman–Crippen LogP) is 2.10. The first-order chi connectivity index (χ1) is 10.5. The van der Waals surface area contributed by atoms with Crippen molar-refractivity contribution in [2.24, 2.45) is 0 Å². The number of carbonyl (C=O) groups is 1. The van der Waals surface area contributed by atoms with E-state index in [-0.39, 0.29) is 6.61 Å². The molecule has 6 heteroatoms. The van der Waals surface area contributed by atoms with Gasteiger partial charge in [0.2, 0.25) is 11.8 Å². The molecule has 0 aliphatic heterocycles.